The van der Waals surface area contributed by atoms with Crippen LogP contribution in [0.2, 0.25) is 0 Å². The smallest absolute Gasteiger partial charge is 0.262 e. The van der Waals surface area contributed by atoms with Gasteiger partial charge >= 0.3 is 0 Å². The van der Waals surface area contributed by atoms with Gasteiger partial charge in [0, 0.05) is 23.6 Å². The number of hydrazine groups is 1. The van der Waals surface area contributed by atoms with E-state index in [0.717, 1.165) is 40.5 Å². The molecular weight excluding hydrogens is 478 g/mol. The van der Waals surface area contributed by atoms with Gasteiger partial charge in [-0.3, -0.25) is 0 Å². The molecule has 0 bridgehead atoms. The van der Waals surface area contributed by atoms with Crippen molar-refractivity contribution in [1.82, 2.24) is 14.7 Å². The summed E-state index contributed by atoms with van der Waals surface area (Å²) in [7, 11) is 3.27. The van der Waals surface area contributed by atoms with Crippen LogP contribution in [0.25, 0.3) is 0 Å². The van der Waals surface area contributed by atoms with Gasteiger partial charge in [-0.15, -0.1) is 0 Å². The number of aliphatic hydroxyl groups excluding tert-OH is 1. The van der Waals surface area contributed by atoms with Crippen LogP contribution in [-0.4, -0.2) is 63.9 Å². The van der Waals surface area contributed by atoms with Crippen LogP contribution in [0.3, 0.4) is 0 Å². The summed E-state index contributed by atoms with van der Waals surface area (Å²) in [5.74, 6) is 1.35. The Bertz CT molecular complexity index is 1210. The second-order valence-corrected chi connectivity index (χ2v) is 11.8. The molecule has 1 unspecified atom stereocenters. The molecule has 4 rings (SSSR count). The molecule has 2 aromatic carbocycles. The molecule has 36 heavy (non-hydrogen) atoms. The largest absolute Gasteiger partial charge is 0.493 e. The summed E-state index contributed by atoms with van der Waals surface area (Å²) < 4.78 is 39.7. The van der Waals surface area contributed by atoms with E-state index in [0.29, 0.717) is 17.9 Å². The van der Waals surface area contributed by atoms with Crippen molar-refractivity contribution in [1.29, 1.82) is 0 Å². The lowest BCUT2D eigenvalue weighted by Gasteiger charge is -2.48. The number of nitrogens with zero attached hydrogens (tertiary/aromatic N) is 2. The highest BCUT2D eigenvalue weighted by molar-refractivity contribution is 7.89. The van der Waals surface area contributed by atoms with E-state index < -0.39 is 21.7 Å². The SMILES string of the molecule is COc1ccc2c(c1OC)[C@]1(CCN(C)C)C[C@H](O)N(S(=O)(=O)c3ccc(C)cc3)NC=CC1CC2. The predicted molar refractivity (Wildman–Crippen MR) is 139 cm³/mol. The molecular formula is C27H37N3O5S. The minimum absolute atomic E-state index is 0.0670. The van der Waals surface area contributed by atoms with Crippen molar-refractivity contribution in [2.75, 3.05) is 34.9 Å². The number of rotatable bonds is 7. The first-order valence-electron chi connectivity index (χ1n) is 12.2. The zero-order chi connectivity index (χ0) is 26.1. The van der Waals surface area contributed by atoms with Gasteiger partial charge in [0.25, 0.3) is 10.0 Å². The number of aryl methyl sites for hydroxylation is 2. The number of nitrogens with one attached hydrogen (secondary N) is 1. The fraction of sp³-hybridized carbons (Fsp3) is 0.481. The third-order valence-corrected chi connectivity index (χ3v) is 9.23. The van der Waals surface area contributed by atoms with Crippen molar-refractivity contribution in [3.63, 3.8) is 0 Å². The van der Waals surface area contributed by atoms with E-state index in [4.69, 9.17) is 9.47 Å². The lowest BCUT2D eigenvalue weighted by molar-refractivity contribution is -0.00218. The monoisotopic (exact) mass is 515 g/mol. The number of aliphatic hydroxyl groups is 1. The van der Waals surface area contributed by atoms with Crippen molar-refractivity contribution >= 4 is 10.0 Å². The Morgan fingerprint density at radius 1 is 1.14 bits per heavy atom. The first kappa shape index (κ1) is 26.5. The number of benzene rings is 2. The molecule has 0 amide bonds. The van der Waals surface area contributed by atoms with E-state index in [1.54, 1.807) is 44.7 Å². The van der Waals surface area contributed by atoms with Crippen LogP contribution in [0.15, 0.2) is 53.6 Å². The van der Waals surface area contributed by atoms with Gasteiger partial charge in [-0.25, -0.2) is 8.42 Å². The van der Waals surface area contributed by atoms with Gasteiger partial charge in [0.15, 0.2) is 11.5 Å². The number of allylic oxidation sites excluding steroid dienone is 1. The first-order chi connectivity index (χ1) is 17.1. The van der Waals surface area contributed by atoms with Crippen molar-refractivity contribution in [2.24, 2.45) is 5.92 Å². The molecule has 9 heteroatoms. The van der Waals surface area contributed by atoms with E-state index in [1.165, 1.54) is 0 Å². The number of hydrogen-bond acceptors (Lipinski definition) is 7. The Morgan fingerprint density at radius 2 is 1.86 bits per heavy atom. The van der Waals surface area contributed by atoms with Crippen LogP contribution >= 0.6 is 0 Å². The maximum Gasteiger partial charge on any atom is 0.262 e. The van der Waals surface area contributed by atoms with E-state index >= 15 is 0 Å². The van der Waals surface area contributed by atoms with Gasteiger partial charge in [0.05, 0.1) is 19.1 Å². The van der Waals surface area contributed by atoms with E-state index in [-0.39, 0.29) is 17.2 Å². The van der Waals surface area contributed by atoms with Crippen LogP contribution in [0.5, 0.6) is 11.5 Å². The second-order valence-electron chi connectivity index (χ2n) is 9.98. The van der Waals surface area contributed by atoms with Crippen LogP contribution in [-0.2, 0) is 21.9 Å². The van der Waals surface area contributed by atoms with Gasteiger partial charge in [0.1, 0.15) is 6.23 Å². The molecule has 196 valence electrons. The zero-order valence-corrected chi connectivity index (χ0v) is 22.5. The summed E-state index contributed by atoms with van der Waals surface area (Å²) in [6.07, 6.45) is 5.03. The van der Waals surface area contributed by atoms with Gasteiger partial charge in [0.2, 0.25) is 0 Å². The Balaban J connectivity index is 1.86. The van der Waals surface area contributed by atoms with Crippen molar-refractivity contribution in [2.45, 2.75) is 49.1 Å². The molecule has 0 radical (unpaired) electrons. The summed E-state index contributed by atoms with van der Waals surface area (Å²) in [4.78, 5) is 2.23. The molecule has 0 spiro atoms. The molecule has 2 N–H and O–H groups in total. The third-order valence-electron chi connectivity index (χ3n) is 7.49. The molecule has 1 aliphatic carbocycles. The van der Waals surface area contributed by atoms with Crippen LogP contribution in [0.4, 0.5) is 0 Å². The van der Waals surface area contributed by atoms with E-state index in [1.807, 2.05) is 33.2 Å². The maximum absolute atomic E-state index is 13.6. The molecule has 0 saturated carbocycles. The first-order valence-corrected chi connectivity index (χ1v) is 13.7. The van der Waals surface area contributed by atoms with Crippen LogP contribution < -0.4 is 14.9 Å². The van der Waals surface area contributed by atoms with Gasteiger partial charge in [-0.1, -0.05) is 34.3 Å². The van der Waals surface area contributed by atoms with Crippen molar-refractivity contribution < 1.29 is 23.0 Å². The fourth-order valence-corrected chi connectivity index (χ4v) is 6.95. The second kappa shape index (κ2) is 10.4. The number of fused-ring (bicyclic) bond motifs is 3. The Labute approximate surface area is 214 Å². The molecule has 3 atom stereocenters. The van der Waals surface area contributed by atoms with Crippen LogP contribution in [0, 0.1) is 12.8 Å². The summed E-state index contributed by atoms with van der Waals surface area (Å²) in [6.45, 7) is 2.66. The van der Waals surface area contributed by atoms with E-state index in [9.17, 15) is 13.5 Å². The highest BCUT2D eigenvalue weighted by atomic mass is 32.2. The maximum atomic E-state index is 13.6. The van der Waals surface area contributed by atoms with Gasteiger partial charge in [-0.05, 0) is 76.5 Å². The summed E-state index contributed by atoms with van der Waals surface area (Å²) >= 11 is 0. The third kappa shape index (κ3) is 4.72. The normalized spacial score (nSPS) is 24.3. The van der Waals surface area contributed by atoms with Crippen LogP contribution in [0.1, 0.15) is 36.0 Å². The molecule has 0 fully saturated rings. The molecule has 0 aromatic heterocycles. The average molecular weight is 516 g/mol. The molecule has 2 aliphatic rings. The lowest BCUT2D eigenvalue weighted by Crippen LogP contribution is -2.54. The molecule has 2 aromatic rings. The fourth-order valence-electron chi connectivity index (χ4n) is 5.64. The average Bonchev–Trinajstić information content (AvgIpc) is 2.84. The summed E-state index contributed by atoms with van der Waals surface area (Å²) in [6, 6.07) is 10.6. The molecule has 0 saturated heterocycles. The Kier molecular flexibility index (Phi) is 7.66. The molecule has 8 nitrogen and oxygen atoms in total. The lowest BCUT2D eigenvalue weighted by atomic mass is 9.59. The quantitative estimate of drug-likeness (QED) is 0.585. The van der Waals surface area contributed by atoms with Gasteiger partial charge < -0.3 is 24.9 Å². The number of hydrogen-bond donors (Lipinski definition) is 2. The number of sulfonamides is 1. The van der Waals surface area contributed by atoms with E-state index in [2.05, 4.69) is 16.4 Å². The molecule has 1 heterocycles. The summed E-state index contributed by atoms with van der Waals surface area (Å²) in [5, 5.41) is 11.6. The Hall–Kier alpha value is -2.59. The van der Waals surface area contributed by atoms with Gasteiger partial charge in [-0.2, -0.15) is 0 Å². The minimum Gasteiger partial charge on any atom is -0.493 e. The minimum atomic E-state index is -4.01. The number of methoxy groups -OCH3 is 2. The van der Waals surface area contributed by atoms with Crippen molar-refractivity contribution in [3.05, 3.63) is 65.4 Å². The topological polar surface area (TPSA) is 91.3 Å². The predicted octanol–water partition coefficient (Wildman–Crippen LogP) is 3.20. The zero-order valence-electron chi connectivity index (χ0n) is 21.7. The molecule has 1 aliphatic heterocycles. The summed E-state index contributed by atoms with van der Waals surface area (Å²) in [5.41, 5.74) is 5.39. The number of ether oxygens (including phenoxy) is 2. The highest BCUT2D eigenvalue weighted by Gasteiger charge is 2.49. The van der Waals surface area contributed by atoms with Crippen molar-refractivity contribution in [3.8, 4) is 11.5 Å². The highest BCUT2D eigenvalue weighted by Crippen LogP contribution is 2.54. The standard InChI is InChI=1S/C27H37N3O5S/c1-19-6-11-22(12-7-19)36(32,33)30-24(31)18-27(15-17-29(2)3)21(14-16-28-30)10-8-20-9-13-23(34-4)26(35-5)25(20)27/h6-7,9,11-14,16,21,24,28,31H,8,10,15,17-18H2,1-5H3/t21?,24-,27+/m0/s1. The Morgan fingerprint density at radius 3 is 2.50 bits per heavy atom.